The number of fused-ring (bicyclic) bond motifs is 1. The van der Waals surface area contributed by atoms with Gasteiger partial charge >= 0.3 is 5.97 Å². The monoisotopic (exact) mass is 367 g/mol. The summed E-state index contributed by atoms with van der Waals surface area (Å²) in [6.45, 7) is 3.61. The molecule has 3 unspecified atom stereocenters. The van der Waals surface area contributed by atoms with Crippen molar-refractivity contribution in [2.24, 2.45) is 5.92 Å². The second-order valence-electron chi connectivity index (χ2n) is 6.99. The number of carbonyl (C=O) groups is 1. The zero-order chi connectivity index (χ0) is 19.6. The molecule has 0 aromatic heterocycles. The van der Waals surface area contributed by atoms with Crippen molar-refractivity contribution in [2.75, 3.05) is 0 Å². The first-order valence-corrected chi connectivity index (χ1v) is 8.68. The third kappa shape index (κ3) is 3.88. The Morgan fingerprint density at radius 1 is 1.37 bits per heavy atom. The highest BCUT2D eigenvalue weighted by Crippen LogP contribution is 2.44. The number of benzene rings is 2. The van der Waals surface area contributed by atoms with Gasteiger partial charge in [0.05, 0.1) is 23.7 Å². The minimum Gasteiger partial charge on any atom is -0.489 e. The van der Waals surface area contributed by atoms with Crippen molar-refractivity contribution in [3.63, 3.8) is 0 Å². The number of nitrogens with zero attached hydrogens (tertiary/aromatic N) is 1. The summed E-state index contributed by atoms with van der Waals surface area (Å²) in [5, 5.41) is 28.7. The van der Waals surface area contributed by atoms with Crippen molar-refractivity contribution in [3.05, 3.63) is 59.2 Å². The maximum Gasteiger partial charge on any atom is 0.310 e. The van der Waals surface area contributed by atoms with Crippen LogP contribution in [0.3, 0.4) is 0 Å². The molecule has 140 valence electrons. The molecule has 3 atom stereocenters. The number of ether oxygens (including phenoxy) is 2. The maximum atomic E-state index is 11.3. The lowest BCUT2D eigenvalue weighted by Crippen LogP contribution is -2.46. The molecule has 0 radical (unpaired) electrons. The topological polar surface area (TPSA) is 99.8 Å². The summed E-state index contributed by atoms with van der Waals surface area (Å²) in [6.07, 6.45) is -0.647. The van der Waals surface area contributed by atoms with Crippen molar-refractivity contribution in [2.45, 2.75) is 38.6 Å². The van der Waals surface area contributed by atoms with Gasteiger partial charge in [-0.25, -0.2) is 0 Å². The Bertz CT molecular complexity index is 886. The normalized spacial score (nSPS) is 22.1. The van der Waals surface area contributed by atoms with E-state index in [2.05, 4.69) is 6.07 Å². The molecule has 0 saturated carbocycles. The molecule has 0 bridgehead atoms. The fourth-order valence-electron chi connectivity index (χ4n) is 3.12. The Morgan fingerprint density at radius 2 is 2.07 bits per heavy atom. The molecule has 1 aliphatic rings. The van der Waals surface area contributed by atoms with Crippen LogP contribution in [0.5, 0.6) is 11.5 Å². The number of carboxylic acids is 1. The first kappa shape index (κ1) is 18.7. The van der Waals surface area contributed by atoms with E-state index in [-0.39, 0.29) is 6.42 Å². The Morgan fingerprint density at radius 3 is 2.70 bits per heavy atom. The molecule has 0 fully saturated rings. The minimum absolute atomic E-state index is 0.187. The third-order valence-electron chi connectivity index (χ3n) is 5.06. The van der Waals surface area contributed by atoms with Gasteiger partial charge in [-0.05, 0) is 49.7 Å². The van der Waals surface area contributed by atoms with Gasteiger partial charge in [0.15, 0.2) is 0 Å². The van der Waals surface area contributed by atoms with E-state index in [1.165, 1.54) is 0 Å². The number of carboxylic acid groups (broad SMARTS) is 1. The van der Waals surface area contributed by atoms with Crippen molar-refractivity contribution in [3.8, 4) is 17.6 Å². The quantitative estimate of drug-likeness (QED) is 0.840. The predicted octanol–water partition coefficient (Wildman–Crippen LogP) is 3.43. The number of hydrogen-bond donors (Lipinski definition) is 2. The molecular formula is C21H21NO5. The van der Waals surface area contributed by atoms with Crippen LogP contribution in [0.2, 0.25) is 0 Å². The molecule has 2 N–H and O–H groups in total. The van der Waals surface area contributed by atoms with Crippen molar-refractivity contribution >= 4 is 5.97 Å². The highest BCUT2D eigenvalue weighted by molar-refractivity contribution is 5.71. The summed E-state index contributed by atoms with van der Waals surface area (Å²) in [7, 11) is 0. The molecule has 0 amide bonds. The number of hydrogen-bond acceptors (Lipinski definition) is 5. The van der Waals surface area contributed by atoms with Gasteiger partial charge in [-0.3, -0.25) is 4.79 Å². The van der Waals surface area contributed by atoms with Gasteiger partial charge in [-0.15, -0.1) is 0 Å². The van der Waals surface area contributed by atoms with Crippen LogP contribution in [0.4, 0.5) is 0 Å². The highest BCUT2D eigenvalue weighted by Gasteiger charge is 2.44. The van der Waals surface area contributed by atoms with E-state index in [0.29, 0.717) is 29.2 Å². The van der Waals surface area contributed by atoms with E-state index in [1.54, 1.807) is 44.2 Å². The van der Waals surface area contributed by atoms with Crippen LogP contribution in [0.25, 0.3) is 0 Å². The molecule has 6 nitrogen and oxygen atoms in total. The van der Waals surface area contributed by atoms with Crippen LogP contribution in [0.1, 0.15) is 43.1 Å². The summed E-state index contributed by atoms with van der Waals surface area (Å²) in [4.78, 5) is 11.3. The highest BCUT2D eigenvalue weighted by atomic mass is 16.5. The lowest BCUT2D eigenvalue weighted by atomic mass is 9.81. The van der Waals surface area contributed by atoms with Crippen molar-refractivity contribution in [1.29, 1.82) is 5.26 Å². The molecule has 0 saturated heterocycles. The molecule has 0 aliphatic carbocycles. The van der Waals surface area contributed by atoms with E-state index < -0.39 is 23.6 Å². The largest absolute Gasteiger partial charge is 0.489 e. The lowest BCUT2D eigenvalue weighted by molar-refractivity contribution is -0.150. The van der Waals surface area contributed by atoms with Gasteiger partial charge in [0.2, 0.25) is 0 Å². The zero-order valence-electron chi connectivity index (χ0n) is 15.2. The fraction of sp³-hybridized carbons (Fsp3) is 0.333. The van der Waals surface area contributed by atoms with Gasteiger partial charge < -0.3 is 19.7 Å². The summed E-state index contributed by atoms with van der Waals surface area (Å²) < 4.78 is 11.7. The Hall–Kier alpha value is -3.04. The first-order chi connectivity index (χ1) is 12.8. The molecule has 2 aromatic rings. The molecule has 3 rings (SSSR count). The van der Waals surface area contributed by atoms with Crippen LogP contribution in [-0.2, 0) is 11.4 Å². The Balaban J connectivity index is 1.74. The van der Waals surface area contributed by atoms with Crippen LogP contribution < -0.4 is 9.47 Å². The van der Waals surface area contributed by atoms with E-state index >= 15 is 0 Å². The third-order valence-corrected chi connectivity index (χ3v) is 5.06. The molecule has 1 heterocycles. The van der Waals surface area contributed by atoms with Crippen molar-refractivity contribution < 1.29 is 24.5 Å². The first-order valence-electron chi connectivity index (χ1n) is 8.68. The summed E-state index contributed by atoms with van der Waals surface area (Å²) in [5.41, 5.74) is 1.11. The van der Waals surface area contributed by atoms with Gasteiger partial charge in [-0.2, -0.15) is 5.26 Å². The lowest BCUT2D eigenvalue weighted by Gasteiger charge is -2.40. The average molecular weight is 367 g/mol. The summed E-state index contributed by atoms with van der Waals surface area (Å²) >= 11 is 0. The van der Waals surface area contributed by atoms with Gasteiger partial charge in [0.25, 0.3) is 0 Å². The predicted molar refractivity (Wildman–Crippen MR) is 97.3 cm³/mol. The minimum atomic E-state index is -0.983. The SMILES string of the molecule is CC(C(=O)O)C1(C)CC(O)c2cc(OCc3ccc(C#N)cc3)ccc2O1. The second kappa shape index (κ2) is 7.29. The molecule has 27 heavy (non-hydrogen) atoms. The van der Waals surface area contributed by atoms with E-state index in [1.807, 2.05) is 12.1 Å². The number of nitriles is 1. The molecule has 0 spiro atoms. The van der Waals surface area contributed by atoms with Crippen LogP contribution >= 0.6 is 0 Å². The number of aliphatic hydroxyl groups excluding tert-OH is 1. The molecular weight excluding hydrogens is 346 g/mol. The Labute approximate surface area is 157 Å². The number of rotatable bonds is 5. The van der Waals surface area contributed by atoms with E-state index in [4.69, 9.17) is 14.7 Å². The van der Waals surface area contributed by atoms with Crippen molar-refractivity contribution in [1.82, 2.24) is 0 Å². The maximum absolute atomic E-state index is 11.3. The molecule has 2 aromatic carbocycles. The van der Waals surface area contributed by atoms with Gasteiger partial charge in [0, 0.05) is 12.0 Å². The van der Waals surface area contributed by atoms with Crippen LogP contribution in [0.15, 0.2) is 42.5 Å². The summed E-state index contributed by atoms with van der Waals surface area (Å²) in [6, 6.07) is 14.3. The van der Waals surface area contributed by atoms with Crippen LogP contribution in [-0.4, -0.2) is 21.8 Å². The van der Waals surface area contributed by atoms with E-state index in [9.17, 15) is 15.0 Å². The molecule has 6 heteroatoms. The number of aliphatic hydroxyl groups is 1. The number of aliphatic carboxylic acids is 1. The molecule has 1 aliphatic heterocycles. The smallest absolute Gasteiger partial charge is 0.310 e. The Kier molecular flexibility index (Phi) is 5.06. The van der Waals surface area contributed by atoms with Crippen LogP contribution in [0, 0.1) is 17.2 Å². The standard InChI is InChI=1S/C21H21NO5/c1-13(20(24)25)21(2)10-18(23)17-9-16(7-8-19(17)27-21)26-12-15-5-3-14(11-22)4-6-15/h3-9,13,18,23H,10,12H2,1-2H3,(H,24,25). The van der Waals surface area contributed by atoms with Gasteiger partial charge in [-0.1, -0.05) is 12.1 Å². The van der Waals surface area contributed by atoms with Gasteiger partial charge in [0.1, 0.15) is 23.7 Å². The fourth-order valence-corrected chi connectivity index (χ4v) is 3.12. The second-order valence-corrected chi connectivity index (χ2v) is 6.99. The zero-order valence-corrected chi connectivity index (χ0v) is 15.2. The summed E-state index contributed by atoms with van der Waals surface area (Å²) in [5.74, 6) is -0.672. The average Bonchev–Trinajstić information content (AvgIpc) is 2.66. The van der Waals surface area contributed by atoms with E-state index in [0.717, 1.165) is 5.56 Å².